The molecule has 0 radical (unpaired) electrons. The molecule has 1 aliphatic rings. The van der Waals surface area contributed by atoms with Crippen LogP contribution in [0.4, 0.5) is 10.6 Å². The van der Waals surface area contributed by atoms with Crippen LogP contribution in [0, 0.1) is 0 Å². The minimum Gasteiger partial charge on any atom is -0.354 e. The molecule has 2 amide bonds. The normalized spacial score (nSPS) is 14.3. The van der Waals surface area contributed by atoms with Crippen molar-refractivity contribution < 1.29 is 4.79 Å². The van der Waals surface area contributed by atoms with Crippen molar-refractivity contribution in [2.75, 3.05) is 44.7 Å². The van der Waals surface area contributed by atoms with Crippen LogP contribution in [0.3, 0.4) is 0 Å². The molecule has 0 bridgehead atoms. The first-order valence-corrected chi connectivity index (χ1v) is 11.7. The van der Waals surface area contributed by atoms with Crippen LogP contribution in [0.1, 0.15) is 29.0 Å². The van der Waals surface area contributed by atoms with Crippen molar-refractivity contribution in [2.24, 2.45) is 0 Å². The van der Waals surface area contributed by atoms with Crippen molar-refractivity contribution in [3.05, 3.63) is 95.7 Å². The molecule has 0 spiro atoms. The van der Waals surface area contributed by atoms with E-state index in [4.69, 9.17) is 0 Å². The summed E-state index contributed by atoms with van der Waals surface area (Å²) in [4.78, 5) is 21.6. The number of likely N-dealkylation sites (N-methyl/N-ethyl adjacent to an activating group) is 1. The maximum Gasteiger partial charge on any atom is 0.315 e. The molecule has 0 saturated carbocycles. The Labute approximate surface area is 196 Å². The minimum absolute atomic E-state index is 0.146. The Hall–Kier alpha value is -3.38. The first kappa shape index (κ1) is 22.8. The van der Waals surface area contributed by atoms with Gasteiger partial charge in [0, 0.05) is 51.4 Å². The van der Waals surface area contributed by atoms with Gasteiger partial charge < -0.3 is 20.4 Å². The number of carbonyl (C=O) groups excluding carboxylic acids is 1. The highest BCUT2D eigenvalue weighted by Crippen LogP contribution is 2.27. The number of anilines is 1. The summed E-state index contributed by atoms with van der Waals surface area (Å²) in [5.41, 5.74) is 3.58. The van der Waals surface area contributed by atoms with Crippen molar-refractivity contribution in [1.29, 1.82) is 0 Å². The molecule has 0 aliphatic carbocycles. The van der Waals surface area contributed by atoms with E-state index in [2.05, 4.69) is 87.1 Å². The van der Waals surface area contributed by atoms with Gasteiger partial charge in [0.1, 0.15) is 5.82 Å². The number of carbonyl (C=O) groups is 1. The van der Waals surface area contributed by atoms with Crippen LogP contribution in [-0.4, -0.2) is 55.7 Å². The third kappa shape index (κ3) is 6.56. The molecular formula is C27H33N5O. The molecule has 4 rings (SSSR count). The zero-order chi connectivity index (χ0) is 22.9. The first-order chi connectivity index (χ1) is 16.2. The van der Waals surface area contributed by atoms with Gasteiger partial charge in [-0.1, -0.05) is 60.7 Å². The molecule has 0 unspecified atom stereocenters. The summed E-state index contributed by atoms with van der Waals surface area (Å²) in [6, 6.07) is 24.8. The van der Waals surface area contributed by atoms with Crippen LogP contribution in [0.25, 0.3) is 0 Å². The van der Waals surface area contributed by atoms with Gasteiger partial charge in [-0.2, -0.15) is 0 Å². The zero-order valence-electron chi connectivity index (χ0n) is 19.3. The van der Waals surface area contributed by atoms with E-state index in [0.29, 0.717) is 13.1 Å². The highest BCUT2D eigenvalue weighted by molar-refractivity contribution is 5.73. The van der Waals surface area contributed by atoms with E-state index in [1.54, 1.807) is 0 Å². The van der Waals surface area contributed by atoms with E-state index < -0.39 is 0 Å². The van der Waals surface area contributed by atoms with Crippen LogP contribution < -0.4 is 15.5 Å². The van der Waals surface area contributed by atoms with Crippen molar-refractivity contribution in [3.63, 3.8) is 0 Å². The lowest BCUT2D eigenvalue weighted by atomic mass is 9.88. The van der Waals surface area contributed by atoms with Crippen LogP contribution in [0.5, 0.6) is 0 Å². The molecule has 1 saturated heterocycles. The molecular weight excluding hydrogens is 410 g/mol. The molecule has 2 heterocycles. The second kappa shape index (κ2) is 11.5. The molecule has 0 atom stereocenters. The topological polar surface area (TPSA) is 60.5 Å². The lowest BCUT2D eigenvalue weighted by Crippen LogP contribution is -2.44. The maximum absolute atomic E-state index is 12.4. The number of urea groups is 1. The van der Waals surface area contributed by atoms with Gasteiger partial charge in [0.25, 0.3) is 0 Å². The number of hydrogen-bond acceptors (Lipinski definition) is 4. The fraction of sp³-hybridized carbons (Fsp3) is 0.333. The molecule has 1 aliphatic heterocycles. The van der Waals surface area contributed by atoms with Crippen molar-refractivity contribution >= 4 is 11.8 Å². The number of hydrogen-bond donors (Lipinski definition) is 2. The number of aromatic nitrogens is 1. The first-order valence-electron chi connectivity index (χ1n) is 11.7. The van der Waals surface area contributed by atoms with Gasteiger partial charge in [-0.05, 0) is 42.3 Å². The van der Waals surface area contributed by atoms with Crippen molar-refractivity contribution in [3.8, 4) is 0 Å². The Morgan fingerprint density at radius 2 is 1.55 bits per heavy atom. The number of piperazine rings is 1. The second-order valence-corrected chi connectivity index (χ2v) is 8.58. The molecule has 33 heavy (non-hydrogen) atoms. The number of benzene rings is 2. The summed E-state index contributed by atoms with van der Waals surface area (Å²) >= 11 is 0. The lowest BCUT2D eigenvalue weighted by molar-refractivity contribution is 0.240. The number of nitrogens with zero attached hydrogens (tertiary/aromatic N) is 3. The van der Waals surface area contributed by atoms with Gasteiger partial charge in [-0.25, -0.2) is 9.78 Å². The van der Waals surface area contributed by atoms with Gasteiger partial charge >= 0.3 is 6.03 Å². The third-order valence-electron chi connectivity index (χ3n) is 6.21. The minimum atomic E-state index is -0.146. The van der Waals surface area contributed by atoms with Crippen molar-refractivity contribution in [2.45, 2.75) is 18.9 Å². The van der Waals surface area contributed by atoms with E-state index in [9.17, 15) is 4.79 Å². The molecule has 1 fully saturated rings. The fourth-order valence-electron chi connectivity index (χ4n) is 4.25. The molecule has 6 nitrogen and oxygen atoms in total. The van der Waals surface area contributed by atoms with Gasteiger partial charge in [-0.3, -0.25) is 0 Å². The summed E-state index contributed by atoms with van der Waals surface area (Å²) in [5.74, 6) is 1.23. The summed E-state index contributed by atoms with van der Waals surface area (Å²) in [7, 11) is 2.14. The summed E-state index contributed by atoms with van der Waals surface area (Å²) in [6.07, 6.45) is 2.66. The Balaban J connectivity index is 1.27. The van der Waals surface area contributed by atoms with Crippen LogP contribution >= 0.6 is 0 Å². The average molecular weight is 444 g/mol. The predicted octanol–water partition coefficient (Wildman–Crippen LogP) is 3.85. The number of amides is 2. The molecule has 1 aromatic heterocycles. The molecule has 172 valence electrons. The third-order valence-corrected chi connectivity index (χ3v) is 6.21. The Bertz CT molecular complexity index is 964. The van der Waals surface area contributed by atoms with Crippen LogP contribution in [0.2, 0.25) is 0 Å². The van der Waals surface area contributed by atoms with E-state index >= 15 is 0 Å². The van der Waals surface area contributed by atoms with Gasteiger partial charge in [0.2, 0.25) is 0 Å². The maximum atomic E-state index is 12.4. The smallest absolute Gasteiger partial charge is 0.315 e. The summed E-state index contributed by atoms with van der Waals surface area (Å²) < 4.78 is 0. The summed E-state index contributed by atoms with van der Waals surface area (Å²) in [6.45, 7) is 5.12. The lowest BCUT2D eigenvalue weighted by Gasteiger charge is -2.33. The number of rotatable bonds is 8. The standard InChI is InChI=1S/C27H33N5O/c1-31-16-18-32(19-17-31)26-20-22(12-14-28-26)21-30-27(33)29-15-13-25(23-8-4-2-5-9-23)24-10-6-3-7-11-24/h2-12,14,20,25H,13,15-19,21H2,1H3,(H2,29,30,33). The molecule has 2 N–H and O–H groups in total. The second-order valence-electron chi connectivity index (χ2n) is 8.58. The Morgan fingerprint density at radius 1 is 0.909 bits per heavy atom. The van der Waals surface area contributed by atoms with Crippen LogP contribution in [-0.2, 0) is 6.54 Å². The fourth-order valence-corrected chi connectivity index (χ4v) is 4.25. The largest absolute Gasteiger partial charge is 0.354 e. The van der Waals surface area contributed by atoms with E-state index in [1.165, 1.54) is 11.1 Å². The Morgan fingerprint density at radius 3 is 2.18 bits per heavy atom. The van der Waals surface area contributed by atoms with E-state index in [1.807, 2.05) is 24.4 Å². The number of nitrogens with one attached hydrogen (secondary N) is 2. The van der Waals surface area contributed by atoms with E-state index in [-0.39, 0.29) is 11.9 Å². The van der Waals surface area contributed by atoms with E-state index in [0.717, 1.165) is 44.0 Å². The molecule has 3 aromatic rings. The van der Waals surface area contributed by atoms with Gasteiger partial charge in [0.15, 0.2) is 0 Å². The zero-order valence-corrected chi connectivity index (χ0v) is 19.3. The quantitative estimate of drug-likeness (QED) is 0.555. The SMILES string of the molecule is CN1CCN(c2cc(CNC(=O)NCCC(c3ccccc3)c3ccccc3)ccn2)CC1. The van der Waals surface area contributed by atoms with Gasteiger partial charge in [-0.15, -0.1) is 0 Å². The number of pyridine rings is 1. The Kier molecular flexibility index (Phi) is 7.93. The molecule has 6 heteroatoms. The average Bonchev–Trinajstić information content (AvgIpc) is 2.87. The highest BCUT2D eigenvalue weighted by Gasteiger charge is 2.16. The van der Waals surface area contributed by atoms with Gasteiger partial charge in [0.05, 0.1) is 0 Å². The van der Waals surface area contributed by atoms with Crippen molar-refractivity contribution in [1.82, 2.24) is 20.5 Å². The van der Waals surface area contributed by atoms with Crippen LogP contribution in [0.15, 0.2) is 79.0 Å². The highest BCUT2D eigenvalue weighted by atomic mass is 16.2. The summed E-state index contributed by atoms with van der Waals surface area (Å²) in [5, 5.41) is 6.01. The molecule has 2 aromatic carbocycles. The monoisotopic (exact) mass is 443 g/mol. The predicted molar refractivity (Wildman–Crippen MR) is 134 cm³/mol.